The Morgan fingerprint density at radius 3 is 0.826 bits per heavy atom. The van der Waals surface area contributed by atoms with Gasteiger partial charge in [-0.2, -0.15) is 0 Å². The van der Waals surface area contributed by atoms with Crippen LogP contribution in [-0.2, 0) is 21.1 Å². The zero-order valence-corrected chi connectivity index (χ0v) is 14.4. The van der Waals surface area contributed by atoms with Gasteiger partial charge in [0, 0.05) is 46.5 Å². The van der Waals surface area contributed by atoms with Gasteiger partial charge in [-0.15, -0.1) is 12.1 Å². The van der Waals surface area contributed by atoms with Crippen molar-refractivity contribution >= 4 is 0 Å². The molecule has 0 aromatic heterocycles. The maximum Gasteiger partial charge on any atom is 2.00 e. The molecule has 0 unspecified atom stereocenters. The number of rotatable bonds is 0. The molecule has 0 spiro atoms. The van der Waals surface area contributed by atoms with Crippen LogP contribution in [0.15, 0.2) is 0 Å². The zero-order valence-electron chi connectivity index (χ0n) is 11.4. The van der Waals surface area contributed by atoms with Crippen molar-refractivity contribution in [1.29, 1.82) is 0 Å². The smallest absolute Gasteiger partial charge is 0.281 e. The van der Waals surface area contributed by atoms with Gasteiger partial charge in [-0.1, -0.05) is 25.0 Å². The van der Waals surface area contributed by atoms with Gasteiger partial charge in [-0.25, -0.2) is 17.6 Å². The SMILES string of the molecule is Cc1c(F)c(F)[c-]c(F)c1F.Cc1c(F)c(F)[c-]c(F)c1F.[W+2]. The van der Waals surface area contributed by atoms with Gasteiger partial charge in [0.15, 0.2) is 0 Å². The molecule has 23 heavy (non-hydrogen) atoms. The van der Waals surface area contributed by atoms with E-state index in [9.17, 15) is 35.1 Å². The molecule has 0 bridgehead atoms. The van der Waals surface area contributed by atoms with Crippen LogP contribution in [-0.4, -0.2) is 0 Å². The molecular formula is C14H6F8W. The first kappa shape index (κ1) is 21.6. The Labute approximate surface area is 140 Å². The first-order chi connectivity index (χ1) is 10.1. The van der Waals surface area contributed by atoms with E-state index in [4.69, 9.17) is 0 Å². The third-order valence-electron chi connectivity index (χ3n) is 2.53. The third kappa shape index (κ3) is 4.77. The molecule has 0 atom stereocenters. The van der Waals surface area contributed by atoms with E-state index < -0.39 is 57.7 Å². The van der Waals surface area contributed by atoms with Crippen LogP contribution in [0.5, 0.6) is 0 Å². The van der Waals surface area contributed by atoms with Crippen LogP contribution in [0, 0.1) is 72.5 Å². The van der Waals surface area contributed by atoms with Crippen molar-refractivity contribution < 1.29 is 56.2 Å². The van der Waals surface area contributed by atoms with E-state index >= 15 is 0 Å². The second-order valence-corrected chi connectivity index (χ2v) is 4.01. The normalized spacial score (nSPS) is 9.83. The first-order valence-corrected chi connectivity index (χ1v) is 5.51. The van der Waals surface area contributed by atoms with Crippen molar-refractivity contribution in [3.8, 4) is 0 Å². The van der Waals surface area contributed by atoms with Crippen LogP contribution in [0.25, 0.3) is 0 Å². The summed E-state index contributed by atoms with van der Waals surface area (Å²) in [6.45, 7) is 1.90. The quantitative estimate of drug-likeness (QED) is 0.274. The molecule has 0 saturated carbocycles. The Morgan fingerprint density at radius 2 is 0.652 bits per heavy atom. The Bertz CT molecular complexity index is 601. The monoisotopic (exact) mass is 510 g/mol. The van der Waals surface area contributed by atoms with Gasteiger partial charge in [0.05, 0.1) is 0 Å². The molecule has 0 N–H and O–H groups in total. The van der Waals surface area contributed by atoms with Crippen LogP contribution in [0.2, 0.25) is 0 Å². The summed E-state index contributed by atoms with van der Waals surface area (Å²) >= 11 is 0. The van der Waals surface area contributed by atoms with E-state index in [2.05, 4.69) is 0 Å². The number of halogens is 8. The van der Waals surface area contributed by atoms with E-state index in [0.29, 0.717) is 0 Å². The van der Waals surface area contributed by atoms with Gasteiger partial charge in [-0.05, 0) is 0 Å². The van der Waals surface area contributed by atoms with Crippen LogP contribution in [0.1, 0.15) is 11.1 Å². The zero-order chi connectivity index (χ0) is 17.2. The van der Waals surface area contributed by atoms with Crippen molar-refractivity contribution in [3.63, 3.8) is 0 Å². The molecule has 0 radical (unpaired) electrons. The Morgan fingerprint density at radius 1 is 0.478 bits per heavy atom. The summed E-state index contributed by atoms with van der Waals surface area (Å²) in [7, 11) is 0. The van der Waals surface area contributed by atoms with Gasteiger partial charge >= 0.3 is 21.1 Å². The average Bonchev–Trinajstić information content (AvgIpc) is 2.47. The first-order valence-electron chi connectivity index (χ1n) is 5.51. The minimum atomic E-state index is -1.50. The molecule has 0 heterocycles. The molecule has 2 aromatic rings. The van der Waals surface area contributed by atoms with Crippen LogP contribution < -0.4 is 0 Å². The molecule has 0 nitrogen and oxygen atoms in total. The van der Waals surface area contributed by atoms with E-state index in [-0.39, 0.29) is 21.1 Å². The molecule has 124 valence electrons. The third-order valence-corrected chi connectivity index (χ3v) is 2.53. The largest absolute Gasteiger partial charge is 2.00 e. The van der Waals surface area contributed by atoms with E-state index in [1.165, 1.54) is 12.1 Å². The van der Waals surface area contributed by atoms with Crippen LogP contribution >= 0.6 is 0 Å². The summed E-state index contributed by atoms with van der Waals surface area (Å²) in [4.78, 5) is 0. The molecule has 0 aliphatic heterocycles. The molecule has 0 saturated heterocycles. The molecule has 2 aromatic carbocycles. The molecule has 0 fully saturated rings. The van der Waals surface area contributed by atoms with E-state index in [0.717, 1.165) is 13.8 Å². The Balaban J connectivity index is 0.000000403. The second kappa shape index (κ2) is 8.43. The predicted octanol–water partition coefficient (Wildman–Crippen LogP) is 4.70. The summed E-state index contributed by atoms with van der Waals surface area (Å²) < 4.78 is 98.2. The number of hydrogen-bond donors (Lipinski definition) is 0. The maximum atomic E-state index is 12.4. The topological polar surface area (TPSA) is 0 Å². The Hall–Kier alpha value is -1.43. The van der Waals surface area contributed by atoms with Crippen LogP contribution in [0.3, 0.4) is 0 Å². The summed E-state index contributed by atoms with van der Waals surface area (Å²) in [6, 6.07) is 2.53. The Kier molecular flexibility index (Phi) is 7.90. The summed E-state index contributed by atoms with van der Waals surface area (Å²) in [6.07, 6.45) is 0. The predicted molar refractivity (Wildman–Crippen MR) is 59.7 cm³/mol. The second-order valence-electron chi connectivity index (χ2n) is 4.01. The van der Waals surface area contributed by atoms with Gasteiger partial charge in [0.2, 0.25) is 0 Å². The molecule has 2 rings (SSSR count). The number of hydrogen-bond acceptors (Lipinski definition) is 0. The van der Waals surface area contributed by atoms with Gasteiger partial charge in [0.25, 0.3) is 0 Å². The van der Waals surface area contributed by atoms with E-state index in [1.807, 2.05) is 0 Å². The van der Waals surface area contributed by atoms with Crippen molar-refractivity contribution in [2.45, 2.75) is 13.8 Å². The molecule has 0 aliphatic rings. The average molecular weight is 510 g/mol. The van der Waals surface area contributed by atoms with Gasteiger partial charge in [0.1, 0.15) is 0 Å². The summed E-state index contributed by atoms with van der Waals surface area (Å²) in [5.41, 5.74) is -1.34. The minimum Gasteiger partial charge on any atom is -0.281 e. The van der Waals surface area contributed by atoms with Crippen molar-refractivity contribution in [1.82, 2.24) is 0 Å². The van der Waals surface area contributed by atoms with Gasteiger partial charge < -0.3 is 0 Å². The number of benzene rings is 2. The minimum absolute atomic E-state index is 0. The van der Waals surface area contributed by atoms with Crippen molar-refractivity contribution in [2.24, 2.45) is 0 Å². The molecule has 0 amide bonds. The van der Waals surface area contributed by atoms with Crippen LogP contribution in [0.4, 0.5) is 35.1 Å². The standard InChI is InChI=1S/2C7H3F4.W/c2*1-3-6(10)4(8)2-5(9)7(3)11;/h2*1H3;/q2*-1;+2. The van der Waals surface area contributed by atoms with E-state index in [1.54, 1.807) is 0 Å². The molecule has 0 aliphatic carbocycles. The molecular weight excluding hydrogens is 504 g/mol. The van der Waals surface area contributed by atoms with Gasteiger partial charge in [-0.3, -0.25) is 17.6 Å². The fraction of sp³-hybridized carbons (Fsp3) is 0.143. The maximum absolute atomic E-state index is 12.4. The van der Waals surface area contributed by atoms with Crippen molar-refractivity contribution in [2.75, 3.05) is 0 Å². The molecule has 9 heteroatoms. The van der Waals surface area contributed by atoms with Crippen molar-refractivity contribution in [3.05, 3.63) is 69.8 Å². The summed E-state index contributed by atoms with van der Waals surface area (Å²) in [5, 5.41) is 0. The fourth-order valence-corrected chi connectivity index (χ4v) is 1.26. The fourth-order valence-electron chi connectivity index (χ4n) is 1.26. The summed E-state index contributed by atoms with van der Waals surface area (Å²) in [5.74, 6) is -11.6.